The number of nitrogens with two attached hydrogens (primary N) is 1. The first-order chi connectivity index (χ1) is 6.54. The molecule has 2 fully saturated rings. The molecule has 14 heavy (non-hydrogen) atoms. The van der Waals surface area contributed by atoms with Crippen molar-refractivity contribution in [2.24, 2.45) is 17.7 Å². The Morgan fingerprint density at radius 3 is 2.14 bits per heavy atom. The number of likely N-dealkylation sites (tertiary alicyclic amines) is 1. The molecule has 0 spiro atoms. The molecule has 1 heterocycles. The smallest absolute Gasteiger partial charge is 0.0299 e. The van der Waals surface area contributed by atoms with Crippen LogP contribution in [0.5, 0.6) is 0 Å². The standard InChI is InChI=1S/C11H23N3/c1-8(2)14-6-9-4-11(3,13-12)5-10(9)7-14/h8-10,13H,4-7,12H2,1-3H3. The molecule has 3 nitrogen and oxygen atoms in total. The number of hydrazine groups is 1. The molecule has 0 radical (unpaired) electrons. The molecule has 0 aromatic carbocycles. The number of hydrogen-bond donors (Lipinski definition) is 2. The average Bonchev–Trinajstić information content (AvgIpc) is 2.59. The van der Waals surface area contributed by atoms with Gasteiger partial charge in [0.05, 0.1) is 0 Å². The zero-order chi connectivity index (χ0) is 10.3. The summed E-state index contributed by atoms with van der Waals surface area (Å²) < 4.78 is 0. The van der Waals surface area contributed by atoms with Crippen molar-refractivity contribution in [1.82, 2.24) is 10.3 Å². The van der Waals surface area contributed by atoms with Crippen LogP contribution in [0.15, 0.2) is 0 Å². The van der Waals surface area contributed by atoms with E-state index in [2.05, 4.69) is 31.1 Å². The van der Waals surface area contributed by atoms with Gasteiger partial charge in [-0.3, -0.25) is 11.3 Å². The fourth-order valence-corrected chi connectivity index (χ4v) is 3.22. The number of hydrogen-bond acceptors (Lipinski definition) is 3. The van der Waals surface area contributed by atoms with E-state index in [0.717, 1.165) is 11.8 Å². The molecule has 2 aliphatic rings. The number of nitrogens with zero attached hydrogens (tertiary/aromatic N) is 1. The summed E-state index contributed by atoms with van der Waals surface area (Å²) in [5, 5.41) is 0. The summed E-state index contributed by atoms with van der Waals surface area (Å²) in [6.45, 7) is 9.40. The van der Waals surface area contributed by atoms with E-state index in [0.29, 0.717) is 6.04 Å². The van der Waals surface area contributed by atoms with Crippen LogP contribution in [0.3, 0.4) is 0 Å². The summed E-state index contributed by atoms with van der Waals surface area (Å²) in [6, 6.07) is 0.706. The van der Waals surface area contributed by atoms with E-state index in [-0.39, 0.29) is 5.54 Å². The van der Waals surface area contributed by atoms with Crippen molar-refractivity contribution < 1.29 is 0 Å². The molecule has 3 heteroatoms. The van der Waals surface area contributed by atoms with Gasteiger partial charge >= 0.3 is 0 Å². The summed E-state index contributed by atoms with van der Waals surface area (Å²) in [7, 11) is 0. The lowest BCUT2D eigenvalue weighted by molar-refractivity contribution is 0.231. The predicted molar refractivity (Wildman–Crippen MR) is 58.7 cm³/mol. The molecule has 2 atom stereocenters. The van der Waals surface area contributed by atoms with Crippen LogP contribution < -0.4 is 11.3 Å². The molecule has 1 aliphatic carbocycles. The topological polar surface area (TPSA) is 41.3 Å². The second-order valence-corrected chi connectivity index (χ2v) is 5.68. The van der Waals surface area contributed by atoms with E-state index in [1.165, 1.54) is 25.9 Å². The van der Waals surface area contributed by atoms with Gasteiger partial charge in [0, 0.05) is 24.7 Å². The van der Waals surface area contributed by atoms with Gasteiger partial charge in [-0.05, 0) is 45.4 Å². The Balaban J connectivity index is 1.96. The largest absolute Gasteiger partial charge is 0.300 e. The zero-order valence-electron chi connectivity index (χ0n) is 9.59. The van der Waals surface area contributed by atoms with Gasteiger partial charge in [-0.1, -0.05) is 0 Å². The van der Waals surface area contributed by atoms with Crippen LogP contribution in [0, 0.1) is 11.8 Å². The molecule has 0 bridgehead atoms. The second kappa shape index (κ2) is 3.47. The van der Waals surface area contributed by atoms with Crippen LogP contribution in [-0.4, -0.2) is 29.6 Å². The number of rotatable bonds is 2. The Kier molecular flexibility index (Phi) is 2.58. The highest BCUT2D eigenvalue weighted by molar-refractivity contribution is 5.01. The molecule has 1 saturated heterocycles. The number of fused-ring (bicyclic) bond motifs is 1. The molecular weight excluding hydrogens is 174 g/mol. The zero-order valence-corrected chi connectivity index (χ0v) is 9.59. The van der Waals surface area contributed by atoms with Gasteiger partial charge in [0.15, 0.2) is 0 Å². The van der Waals surface area contributed by atoms with Crippen LogP contribution in [0.25, 0.3) is 0 Å². The maximum atomic E-state index is 5.60. The molecular formula is C11H23N3. The third-order valence-corrected chi connectivity index (χ3v) is 4.11. The number of nitrogens with one attached hydrogen (secondary N) is 1. The third kappa shape index (κ3) is 1.69. The lowest BCUT2D eigenvalue weighted by Gasteiger charge is -2.27. The van der Waals surface area contributed by atoms with Crippen molar-refractivity contribution in [2.75, 3.05) is 13.1 Å². The van der Waals surface area contributed by atoms with E-state index >= 15 is 0 Å². The molecule has 3 N–H and O–H groups in total. The summed E-state index contributed by atoms with van der Waals surface area (Å²) >= 11 is 0. The van der Waals surface area contributed by atoms with Gasteiger partial charge in [-0.25, -0.2) is 0 Å². The lowest BCUT2D eigenvalue weighted by atomic mass is 9.99. The van der Waals surface area contributed by atoms with Crippen molar-refractivity contribution >= 4 is 0 Å². The van der Waals surface area contributed by atoms with Gasteiger partial charge in [-0.15, -0.1) is 0 Å². The van der Waals surface area contributed by atoms with Crippen LogP contribution in [-0.2, 0) is 0 Å². The highest BCUT2D eigenvalue weighted by Gasteiger charge is 2.46. The average molecular weight is 197 g/mol. The highest BCUT2D eigenvalue weighted by atomic mass is 15.3. The van der Waals surface area contributed by atoms with Gasteiger partial charge in [-0.2, -0.15) is 0 Å². The Hall–Kier alpha value is -0.120. The summed E-state index contributed by atoms with van der Waals surface area (Å²) in [6.07, 6.45) is 2.49. The molecule has 82 valence electrons. The summed E-state index contributed by atoms with van der Waals surface area (Å²) in [4.78, 5) is 2.60. The monoisotopic (exact) mass is 197 g/mol. The van der Waals surface area contributed by atoms with Gasteiger partial charge in [0.2, 0.25) is 0 Å². The first-order valence-corrected chi connectivity index (χ1v) is 5.76. The Morgan fingerprint density at radius 1 is 1.29 bits per heavy atom. The van der Waals surface area contributed by atoms with E-state index < -0.39 is 0 Å². The summed E-state index contributed by atoms with van der Waals surface area (Å²) in [5.74, 6) is 7.35. The molecule has 2 rings (SSSR count). The van der Waals surface area contributed by atoms with Crippen LogP contribution >= 0.6 is 0 Å². The van der Waals surface area contributed by atoms with Crippen molar-refractivity contribution in [1.29, 1.82) is 0 Å². The SMILES string of the molecule is CC(C)N1CC2CC(C)(NN)CC2C1. The highest BCUT2D eigenvalue weighted by Crippen LogP contribution is 2.43. The van der Waals surface area contributed by atoms with Crippen molar-refractivity contribution in [3.05, 3.63) is 0 Å². The van der Waals surface area contributed by atoms with Crippen molar-refractivity contribution in [3.8, 4) is 0 Å². The van der Waals surface area contributed by atoms with E-state index in [9.17, 15) is 0 Å². The molecule has 2 unspecified atom stereocenters. The molecule has 0 aromatic heterocycles. The first kappa shape index (κ1) is 10.4. The van der Waals surface area contributed by atoms with Crippen molar-refractivity contribution in [3.63, 3.8) is 0 Å². The molecule has 0 amide bonds. The van der Waals surface area contributed by atoms with Gasteiger partial charge in [0.25, 0.3) is 0 Å². The van der Waals surface area contributed by atoms with E-state index in [4.69, 9.17) is 5.84 Å². The summed E-state index contributed by atoms with van der Waals surface area (Å²) in [5.41, 5.74) is 3.20. The Bertz CT molecular complexity index is 201. The van der Waals surface area contributed by atoms with Crippen LogP contribution in [0.4, 0.5) is 0 Å². The first-order valence-electron chi connectivity index (χ1n) is 5.76. The molecule has 0 aromatic rings. The normalized spacial score (nSPS) is 43.5. The van der Waals surface area contributed by atoms with E-state index in [1.54, 1.807) is 0 Å². The second-order valence-electron chi connectivity index (χ2n) is 5.68. The minimum absolute atomic E-state index is 0.207. The fourth-order valence-electron chi connectivity index (χ4n) is 3.22. The predicted octanol–water partition coefficient (Wildman–Crippen LogP) is 0.959. The van der Waals surface area contributed by atoms with Gasteiger partial charge < -0.3 is 4.90 Å². The maximum absolute atomic E-state index is 5.60. The fraction of sp³-hybridized carbons (Fsp3) is 1.00. The van der Waals surface area contributed by atoms with Gasteiger partial charge in [0.1, 0.15) is 0 Å². The minimum atomic E-state index is 0.207. The molecule has 1 saturated carbocycles. The minimum Gasteiger partial charge on any atom is -0.300 e. The Labute approximate surface area is 87.0 Å². The van der Waals surface area contributed by atoms with E-state index in [1.807, 2.05) is 0 Å². The maximum Gasteiger partial charge on any atom is 0.0299 e. The van der Waals surface area contributed by atoms with Crippen LogP contribution in [0.2, 0.25) is 0 Å². The van der Waals surface area contributed by atoms with Crippen molar-refractivity contribution in [2.45, 2.75) is 45.2 Å². The third-order valence-electron chi connectivity index (χ3n) is 4.11. The Morgan fingerprint density at radius 2 is 1.79 bits per heavy atom. The van der Waals surface area contributed by atoms with Crippen LogP contribution in [0.1, 0.15) is 33.6 Å². The lowest BCUT2D eigenvalue weighted by Crippen LogP contribution is -2.46. The molecule has 1 aliphatic heterocycles. The quantitative estimate of drug-likeness (QED) is 0.512.